The minimum absolute atomic E-state index is 0.206. The predicted octanol–water partition coefficient (Wildman–Crippen LogP) is 0.132. The van der Waals surface area contributed by atoms with Crippen LogP contribution in [0.4, 0.5) is 0 Å². The zero-order valence-corrected chi connectivity index (χ0v) is 14.3. The summed E-state index contributed by atoms with van der Waals surface area (Å²) in [5, 5.41) is 0. The van der Waals surface area contributed by atoms with Crippen LogP contribution in [0.5, 0.6) is 0 Å². The molecule has 0 saturated carbocycles. The van der Waals surface area contributed by atoms with Crippen LogP contribution in [0, 0.1) is 0 Å². The van der Waals surface area contributed by atoms with Gasteiger partial charge in [0, 0.05) is 27.7 Å². The van der Waals surface area contributed by atoms with Gasteiger partial charge in [-0.25, -0.2) is 0 Å². The Bertz CT molecular complexity index is 501. The van der Waals surface area contributed by atoms with Gasteiger partial charge in [-0.15, -0.1) is 0 Å². The van der Waals surface area contributed by atoms with E-state index in [1.807, 2.05) is 0 Å². The van der Waals surface area contributed by atoms with Crippen LogP contribution in [0.1, 0.15) is 34.6 Å². The molecule has 0 aromatic heterocycles. The molecule has 0 aliphatic carbocycles. The molecule has 1 saturated heterocycles. The van der Waals surface area contributed by atoms with Crippen molar-refractivity contribution < 1.29 is 42.9 Å². The summed E-state index contributed by atoms with van der Waals surface area (Å²) in [5.74, 6) is -2.44. The zero-order chi connectivity index (χ0) is 18.4. The van der Waals surface area contributed by atoms with E-state index in [2.05, 4.69) is 0 Å². The first-order valence-electron chi connectivity index (χ1n) is 7.42. The molecule has 0 spiro atoms. The molecule has 1 heterocycles. The number of esters is 4. The molecule has 24 heavy (non-hydrogen) atoms. The smallest absolute Gasteiger partial charge is 0.303 e. The lowest BCUT2D eigenvalue weighted by atomic mass is 9.95. The second-order valence-corrected chi connectivity index (χ2v) is 5.40. The first-order valence-corrected chi connectivity index (χ1v) is 7.42. The summed E-state index contributed by atoms with van der Waals surface area (Å²) in [7, 11) is 0. The van der Waals surface area contributed by atoms with Crippen molar-refractivity contribution in [3.63, 3.8) is 0 Å². The maximum Gasteiger partial charge on any atom is 0.303 e. The van der Waals surface area contributed by atoms with Gasteiger partial charge in [-0.3, -0.25) is 19.2 Å². The van der Waals surface area contributed by atoms with E-state index in [1.165, 1.54) is 27.7 Å². The number of hydrogen-bond acceptors (Lipinski definition) is 9. The van der Waals surface area contributed by atoms with Gasteiger partial charge < -0.3 is 23.7 Å². The Kier molecular flexibility index (Phi) is 7.15. The van der Waals surface area contributed by atoms with Crippen molar-refractivity contribution in [2.75, 3.05) is 6.61 Å². The molecular formula is C15H22O9. The maximum absolute atomic E-state index is 11.4. The Labute approximate surface area is 139 Å². The first-order chi connectivity index (χ1) is 11.1. The molecule has 0 aromatic rings. The first kappa shape index (κ1) is 19.9. The summed E-state index contributed by atoms with van der Waals surface area (Å²) in [5.41, 5.74) is 0. The third-order valence-corrected chi connectivity index (χ3v) is 3.22. The molecule has 2 unspecified atom stereocenters. The summed E-state index contributed by atoms with van der Waals surface area (Å²) >= 11 is 0. The third-order valence-electron chi connectivity index (χ3n) is 3.22. The summed E-state index contributed by atoms with van der Waals surface area (Å²) < 4.78 is 26.1. The van der Waals surface area contributed by atoms with Gasteiger partial charge in [-0.2, -0.15) is 0 Å². The van der Waals surface area contributed by atoms with E-state index in [0.717, 1.165) is 0 Å². The van der Waals surface area contributed by atoms with E-state index in [-0.39, 0.29) is 6.61 Å². The minimum atomic E-state index is -1.09. The molecule has 136 valence electrons. The van der Waals surface area contributed by atoms with Crippen molar-refractivity contribution in [2.45, 2.75) is 65.1 Å². The average Bonchev–Trinajstić information content (AvgIpc) is 2.42. The van der Waals surface area contributed by atoms with Crippen molar-refractivity contribution >= 4 is 23.9 Å². The highest BCUT2D eigenvalue weighted by Gasteiger charge is 2.50. The summed E-state index contributed by atoms with van der Waals surface area (Å²) in [6.07, 6.45) is -4.69. The molecule has 1 fully saturated rings. The Balaban J connectivity index is 3.11. The number of ether oxygens (including phenoxy) is 5. The summed E-state index contributed by atoms with van der Waals surface area (Å²) in [4.78, 5) is 45.2. The van der Waals surface area contributed by atoms with E-state index < -0.39 is 54.4 Å². The van der Waals surface area contributed by atoms with E-state index in [0.29, 0.717) is 0 Å². The monoisotopic (exact) mass is 346 g/mol. The molecule has 9 nitrogen and oxygen atoms in total. The standard InChI is InChI=1S/C15H22O9/c1-7-13(22-9(3)17)15(24-11(5)19)14(23-10(4)18)12(21-7)6-20-8(2)16/h7,12-15H,6H2,1-5H3/t7?,12-,13?,14+,15-/m1/s1. The molecule has 0 N–H and O–H groups in total. The number of rotatable bonds is 5. The van der Waals surface area contributed by atoms with Crippen LogP contribution in [-0.2, 0) is 42.9 Å². The van der Waals surface area contributed by atoms with E-state index in [1.54, 1.807) is 6.92 Å². The van der Waals surface area contributed by atoms with Crippen LogP contribution >= 0.6 is 0 Å². The molecule has 5 atom stereocenters. The van der Waals surface area contributed by atoms with Crippen LogP contribution in [0.2, 0.25) is 0 Å². The molecule has 9 heteroatoms. The quantitative estimate of drug-likeness (QED) is 0.506. The minimum Gasteiger partial charge on any atom is -0.463 e. The summed E-state index contributed by atoms with van der Waals surface area (Å²) in [6.45, 7) is 6.17. The molecular weight excluding hydrogens is 324 g/mol. The van der Waals surface area contributed by atoms with Gasteiger partial charge in [-0.05, 0) is 6.92 Å². The fourth-order valence-corrected chi connectivity index (χ4v) is 2.44. The van der Waals surface area contributed by atoms with Crippen LogP contribution in [0.15, 0.2) is 0 Å². The second-order valence-electron chi connectivity index (χ2n) is 5.40. The van der Waals surface area contributed by atoms with Gasteiger partial charge in [0.15, 0.2) is 18.3 Å². The highest BCUT2D eigenvalue weighted by molar-refractivity contribution is 5.68. The van der Waals surface area contributed by atoms with Gasteiger partial charge in [0.25, 0.3) is 0 Å². The van der Waals surface area contributed by atoms with Gasteiger partial charge in [0.2, 0.25) is 0 Å². The highest BCUT2D eigenvalue weighted by atomic mass is 16.7. The lowest BCUT2D eigenvalue weighted by molar-refractivity contribution is -0.249. The summed E-state index contributed by atoms with van der Waals surface area (Å²) in [6, 6.07) is 0. The van der Waals surface area contributed by atoms with Crippen molar-refractivity contribution in [2.24, 2.45) is 0 Å². The number of carbonyl (C=O) groups excluding carboxylic acids is 4. The van der Waals surface area contributed by atoms with Gasteiger partial charge in [-0.1, -0.05) is 0 Å². The Morgan fingerprint density at radius 2 is 1.21 bits per heavy atom. The molecule has 1 rings (SSSR count). The molecule has 0 amide bonds. The van der Waals surface area contributed by atoms with Crippen molar-refractivity contribution in [1.82, 2.24) is 0 Å². The fourth-order valence-electron chi connectivity index (χ4n) is 2.44. The number of carbonyl (C=O) groups is 4. The largest absolute Gasteiger partial charge is 0.463 e. The van der Waals surface area contributed by atoms with Crippen LogP contribution in [-0.4, -0.2) is 61.0 Å². The topological polar surface area (TPSA) is 114 Å². The zero-order valence-electron chi connectivity index (χ0n) is 14.3. The molecule has 1 aliphatic heterocycles. The third kappa shape index (κ3) is 5.80. The van der Waals surface area contributed by atoms with Gasteiger partial charge >= 0.3 is 23.9 Å². The van der Waals surface area contributed by atoms with Gasteiger partial charge in [0.05, 0.1) is 6.10 Å². The van der Waals surface area contributed by atoms with E-state index in [4.69, 9.17) is 23.7 Å². The Hall–Kier alpha value is -2.16. The van der Waals surface area contributed by atoms with Crippen molar-refractivity contribution in [3.05, 3.63) is 0 Å². The second kappa shape index (κ2) is 8.62. The Morgan fingerprint density at radius 1 is 0.750 bits per heavy atom. The van der Waals surface area contributed by atoms with E-state index in [9.17, 15) is 19.2 Å². The SMILES string of the molecule is CC(=O)OC[C@H]1OC(C)C(OC(C)=O)[C@@H](OC(C)=O)[C@H]1OC(C)=O. The predicted molar refractivity (Wildman–Crippen MR) is 77.6 cm³/mol. The Morgan fingerprint density at radius 3 is 1.67 bits per heavy atom. The highest BCUT2D eigenvalue weighted by Crippen LogP contribution is 2.28. The van der Waals surface area contributed by atoms with Gasteiger partial charge in [0.1, 0.15) is 12.7 Å². The van der Waals surface area contributed by atoms with Crippen LogP contribution < -0.4 is 0 Å². The average molecular weight is 346 g/mol. The van der Waals surface area contributed by atoms with Crippen molar-refractivity contribution in [1.29, 1.82) is 0 Å². The molecule has 0 aromatic carbocycles. The molecule has 0 bridgehead atoms. The fraction of sp³-hybridized carbons (Fsp3) is 0.733. The number of hydrogen-bond donors (Lipinski definition) is 0. The molecule has 1 aliphatic rings. The molecule has 0 radical (unpaired) electrons. The maximum atomic E-state index is 11.4. The van der Waals surface area contributed by atoms with Crippen molar-refractivity contribution in [3.8, 4) is 0 Å². The lowest BCUT2D eigenvalue weighted by Gasteiger charge is -2.43. The van der Waals surface area contributed by atoms with Crippen LogP contribution in [0.25, 0.3) is 0 Å². The van der Waals surface area contributed by atoms with Crippen LogP contribution in [0.3, 0.4) is 0 Å². The van der Waals surface area contributed by atoms with E-state index >= 15 is 0 Å². The normalized spacial score (nSPS) is 29.3. The lowest BCUT2D eigenvalue weighted by Crippen LogP contribution is -2.61.